The monoisotopic (exact) mass is 291 g/mol. The van der Waals surface area contributed by atoms with Crippen molar-refractivity contribution in [1.29, 1.82) is 5.26 Å². The molecule has 20 heavy (non-hydrogen) atoms. The second-order valence-corrected chi connectivity index (χ2v) is 5.85. The van der Waals surface area contributed by atoms with E-state index in [0.29, 0.717) is 37.4 Å². The van der Waals surface area contributed by atoms with Crippen LogP contribution in [-0.2, 0) is 0 Å². The molecule has 0 aromatic carbocycles. The maximum absolute atomic E-state index is 12.5. The molecule has 1 aliphatic rings. The molecule has 2 rings (SSSR count). The summed E-state index contributed by atoms with van der Waals surface area (Å²) in [6.45, 7) is 1.18. The first-order valence-corrected chi connectivity index (χ1v) is 7.63. The summed E-state index contributed by atoms with van der Waals surface area (Å²) in [6.07, 6.45) is 4.93. The Labute approximate surface area is 122 Å². The first-order valence-electron chi connectivity index (χ1n) is 6.40. The summed E-state index contributed by atoms with van der Waals surface area (Å²) in [5, 5.41) is 9.26. The molecule has 0 aliphatic carbocycles. The van der Waals surface area contributed by atoms with E-state index >= 15 is 0 Å². The normalized spacial score (nSPS) is 17.4. The lowest BCUT2D eigenvalue weighted by Crippen LogP contribution is -2.44. The number of piperidine rings is 1. The first-order chi connectivity index (χ1) is 9.65. The number of hydrogen-bond donors (Lipinski definition) is 0. The third-order valence-electron chi connectivity index (χ3n) is 3.65. The van der Waals surface area contributed by atoms with Crippen molar-refractivity contribution in [2.75, 3.05) is 26.5 Å². The molecule has 0 saturated carbocycles. The molecular formula is C14H17N3O2S. The molecule has 0 atom stereocenters. The Balaban J connectivity index is 2.11. The largest absolute Gasteiger partial charge is 0.480 e. The van der Waals surface area contributed by atoms with Crippen LogP contribution in [0, 0.1) is 11.3 Å². The first kappa shape index (κ1) is 14.7. The zero-order valence-corrected chi connectivity index (χ0v) is 12.4. The fourth-order valence-corrected chi connectivity index (χ4v) is 3.00. The lowest BCUT2D eigenvalue weighted by Gasteiger charge is -2.36. The van der Waals surface area contributed by atoms with Crippen LogP contribution in [-0.4, -0.2) is 47.0 Å². The Bertz CT molecular complexity index is 533. The van der Waals surface area contributed by atoms with Crippen molar-refractivity contribution in [3.63, 3.8) is 0 Å². The number of likely N-dealkylation sites (tertiary alicyclic amines) is 1. The highest BCUT2D eigenvalue weighted by Gasteiger charge is 2.36. The van der Waals surface area contributed by atoms with E-state index in [4.69, 9.17) is 4.74 Å². The van der Waals surface area contributed by atoms with Crippen LogP contribution in [0.4, 0.5) is 0 Å². The maximum atomic E-state index is 12.5. The van der Waals surface area contributed by atoms with Crippen molar-refractivity contribution in [3.05, 3.63) is 23.9 Å². The molecular weight excluding hydrogens is 274 g/mol. The van der Waals surface area contributed by atoms with E-state index in [2.05, 4.69) is 11.1 Å². The average molecular weight is 291 g/mol. The Hall–Kier alpha value is -1.74. The fourth-order valence-electron chi connectivity index (χ4n) is 2.32. The number of hydrogen-bond acceptors (Lipinski definition) is 5. The van der Waals surface area contributed by atoms with Crippen LogP contribution in [0.15, 0.2) is 18.3 Å². The summed E-state index contributed by atoms with van der Waals surface area (Å²) in [7, 11) is 1.50. The number of methoxy groups -OCH3 is 1. The van der Waals surface area contributed by atoms with E-state index in [-0.39, 0.29) is 10.7 Å². The molecule has 0 unspecified atom stereocenters. The van der Waals surface area contributed by atoms with Gasteiger partial charge in [-0.3, -0.25) is 4.79 Å². The minimum atomic E-state index is -0.351. The predicted molar refractivity (Wildman–Crippen MR) is 77.8 cm³/mol. The Morgan fingerprint density at radius 3 is 2.80 bits per heavy atom. The van der Waals surface area contributed by atoms with Gasteiger partial charge in [-0.15, -0.1) is 11.8 Å². The van der Waals surface area contributed by atoms with Crippen molar-refractivity contribution in [2.24, 2.45) is 0 Å². The zero-order valence-electron chi connectivity index (χ0n) is 11.6. The number of pyridine rings is 1. The van der Waals surface area contributed by atoms with Crippen molar-refractivity contribution in [2.45, 2.75) is 17.6 Å². The second-order valence-electron chi connectivity index (χ2n) is 4.66. The standard InChI is InChI=1S/C14H17N3O2S/c1-19-12-11(4-3-7-16-12)13(18)17-8-5-14(10-15,20-2)6-9-17/h3-4,7H,5-6,8-9H2,1-2H3. The third kappa shape index (κ3) is 2.73. The van der Waals surface area contributed by atoms with Gasteiger partial charge in [0, 0.05) is 19.3 Å². The highest BCUT2D eigenvalue weighted by molar-refractivity contribution is 8.00. The van der Waals surface area contributed by atoms with Gasteiger partial charge >= 0.3 is 0 Å². The molecule has 6 heteroatoms. The van der Waals surface area contributed by atoms with E-state index in [1.54, 1.807) is 35.0 Å². The van der Waals surface area contributed by atoms with Gasteiger partial charge in [0.25, 0.3) is 5.91 Å². The molecule has 1 fully saturated rings. The van der Waals surface area contributed by atoms with E-state index in [1.807, 2.05) is 6.26 Å². The summed E-state index contributed by atoms with van der Waals surface area (Å²) in [5.74, 6) is 0.266. The molecule has 106 valence electrons. The van der Waals surface area contributed by atoms with Gasteiger partial charge in [0.1, 0.15) is 10.3 Å². The van der Waals surface area contributed by atoms with Gasteiger partial charge in [0.15, 0.2) is 0 Å². The molecule has 1 aliphatic heterocycles. The van der Waals surface area contributed by atoms with Crippen LogP contribution in [0.25, 0.3) is 0 Å². The molecule has 0 radical (unpaired) electrons. The smallest absolute Gasteiger partial charge is 0.259 e. The van der Waals surface area contributed by atoms with E-state index < -0.39 is 0 Å². The SMILES string of the molecule is COc1ncccc1C(=O)N1CCC(C#N)(SC)CC1. The minimum Gasteiger partial charge on any atom is -0.480 e. The predicted octanol–water partition coefficient (Wildman–Crippen LogP) is 1.95. The molecule has 0 spiro atoms. The topological polar surface area (TPSA) is 66.2 Å². The summed E-state index contributed by atoms with van der Waals surface area (Å²) in [6, 6.07) is 5.82. The van der Waals surface area contributed by atoms with E-state index in [9.17, 15) is 10.1 Å². The summed E-state index contributed by atoms with van der Waals surface area (Å²) in [4.78, 5) is 18.3. The minimum absolute atomic E-state index is 0.0809. The number of nitriles is 1. The van der Waals surface area contributed by atoms with Crippen LogP contribution < -0.4 is 4.74 Å². The summed E-state index contributed by atoms with van der Waals surface area (Å²) in [5.41, 5.74) is 0.476. The average Bonchev–Trinajstić information content (AvgIpc) is 2.54. The van der Waals surface area contributed by atoms with Crippen molar-refractivity contribution >= 4 is 17.7 Å². The van der Waals surface area contributed by atoms with Crippen molar-refractivity contribution in [1.82, 2.24) is 9.88 Å². The van der Waals surface area contributed by atoms with Gasteiger partial charge < -0.3 is 9.64 Å². The molecule has 1 amide bonds. The number of carbonyl (C=O) groups is 1. The van der Waals surface area contributed by atoms with Crippen molar-refractivity contribution in [3.8, 4) is 11.9 Å². The number of aromatic nitrogens is 1. The molecule has 1 aromatic rings. The zero-order chi connectivity index (χ0) is 14.6. The van der Waals surface area contributed by atoms with Crippen LogP contribution in [0.1, 0.15) is 23.2 Å². The highest BCUT2D eigenvalue weighted by atomic mass is 32.2. The van der Waals surface area contributed by atoms with Gasteiger partial charge in [-0.05, 0) is 31.2 Å². The molecule has 0 bridgehead atoms. The molecule has 1 aromatic heterocycles. The van der Waals surface area contributed by atoms with Gasteiger partial charge in [0.05, 0.1) is 13.2 Å². The number of thioether (sulfide) groups is 1. The van der Waals surface area contributed by atoms with Crippen LogP contribution >= 0.6 is 11.8 Å². The number of rotatable bonds is 3. The lowest BCUT2D eigenvalue weighted by atomic mass is 9.97. The number of ether oxygens (including phenoxy) is 1. The Morgan fingerprint density at radius 1 is 1.55 bits per heavy atom. The fraction of sp³-hybridized carbons (Fsp3) is 0.500. The molecule has 2 heterocycles. The third-order valence-corrected chi connectivity index (χ3v) is 4.93. The molecule has 1 saturated heterocycles. The quantitative estimate of drug-likeness (QED) is 0.851. The molecule has 0 N–H and O–H groups in total. The summed E-state index contributed by atoms with van der Waals surface area (Å²) < 4.78 is 4.77. The van der Waals surface area contributed by atoms with Gasteiger partial charge in [-0.2, -0.15) is 5.26 Å². The Kier molecular flexibility index (Phi) is 4.50. The van der Waals surface area contributed by atoms with Crippen LogP contribution in [0.5, 0.6) is 5.88 Å². The lowest BCUT2D eigenvalue weighted by molar-refractivity contribution is 0.0712. The van der Waals surface area contributed by atoms with Crippen LogP contribution in [0.2, 0.25) is 0 Å². The van der Waals surface area contributed by atoms with Crippen molar-refractivity contribution < 1.29 is 9.53 Å². The second kappa shape index (κ2) is 6.14. The van der Waals surface area contributed by atoms with Gasteiger partial charge in [0.2, 0.25) is 5.88 Å². The maximum Gasteiger partial charge on any atom is 0.259 e. The number of nitrogens with zero attached hydrogens (tertiary/aromatic N) is 3. The Morgan fingerprint density at radius 2 is 2.25 bits per heavy atom. The summed E-state index contributed by atoms with van der Waals surface area (Å²) >= 11 is 1.57. The van der Waals surface area contributed by atoms with Gasteiger partial charge in [-0.1, -0.05) is 0 Å². The van der Waals surface area contributed by atoms with Crippen LogP contribution in [0.3, 0.4) is 0 Å². The number of carbonyl (C=O) groups excluding carboxylic acids is 1. The van der Waals surface area contributed by atoms with E-state index in [1.165, 1.54) is 7.11 Å². The highest BCUT2D eigenvalue weighted by Crippen LogP contribution is 2.34. The van der Waals surface area contributed by atoms with E-state index in [0.717, 1.165) is 0 Å². The molecule has 5 nitrogen and oxygen atoms in total. The number of amides is 1. The van der Waals surface area contributed by atoms with Gasteiger partial charge in [-0.25, -0.2) is 4.98 Å².